The van der Waals surface area contributed by atoms with Crippen molar-refractivity contribution in [2.24, 2.45) is 0 Å². The van der Waals surface area contributed by atoms with Gasteiger partial charge in [0.25, 0.3) is 0 Å². The van der Waals surface area contributed by atoms with Crippen molar-refractivity contribution < 1.29 is 0 Å². The Labute approximate surface area is 104 Å². The van der Waals surface area contributed by atoms with Gasteiger partial charge in [0.15, 0.2) is 11.5 Å². The minimum absolute atomic E-state index is 0.701. The van der Waals surface area contributed by atoms with E-state index in [0.717, 1.165) is 22.6 Å². The van der Waals surface area contributed by atoms with Crippen LogP contribution in [0.4, 0.5) is 0 Å². The summed E-state index contributed by atoms with van der Waals surface area (Å²) in [6.45, 7) is 2.02. The molecule has 0 unspecified atom stereocenters. The summed E-state index contributed by atoms with van der Waals surface area (Å²) in [6, 6.07) is 11.6. The fourth-order valence-electron chi connectivity index (χ4n) is 1.87. The predicted molar refractivity (Wildman–Crippen MR) is 68.2 cm³/mol. The van der Waals surface area contributed by atoms with Crippen LogP contribution in [0.3, 0.4) is 0 Å². The third kappa shape index (κ3) is 1.68. The number of hydrogen-bond donors (Lipinski definition) is 0. The molecule has 0 aliphatic carbocycles. The van der Waals surface area contributed by atoms with Crippen LogP contribution in [0.5, 0.6) is 0 Å². The summed E-state index contributed by atoms with van der Waals surface area (Å²) in [7, 11) is 0. The molecular formula is C13H10ClN3. The number of fused-ring (bicyclic) bond motifs is 1. The van der Waals surface area contributed by atoms with Crippen LogP contribution in [-0.2, 0) is 0 Å². The highest BCUT2D eigenvalue weighted by atomic mass is 35.5. The largest absolute Gasteiger partial charge is 0.282 e. The second kappa shape index (κ2) is 3.86. The first-order valence-electron chi connectivity index (χ1n) is 5.32. The van der Waals surface area contributed by atoms with E-state index in [4.69, 9.17) is 11.6 Å². The van der Waals surface area contributed by atoms with E-state index in [1.807, 2.05) is 53.9 Å². The van der Waals surface area contributed by atoms with Gasteiger partial charge >= 0.3 is 0 Å². The summed E-state index contributed by atoms with van der Waals surface area (Å²) < 4.78 is 1.97. The summed E-state index contributed by atoms with van der Waals surface area (Å²) in [5.41, 5.74) is 2.95. The minimum Gasteiger partial charge on any atom is -0.282 e. The van der Waals surface area contributed by atoms with E-state index in [1.54, 1.807) is 0 Å². The van der Waals surface area contributed by atoms with E-state index < -0.39 is 0 Å². The van der Waals surface area contributed by atoms with Crippen molar-refractivity contribution in [2.45, 2.75) is 6.92 Å². The van der Waals surface area contributed by atoms with Crippen LogP contribution in [0, 0.1) is 6.92 Å². The van der Waals surface area contributed by atoms with Crippen molar-refractivity contribution in [3.05, 3.63) is 53.2 Å². The van der Waals surface area contributed by atoms with E-state index in [9.17, 15) is 0 Å². The smallest absolute Gasteiger partial charge is 0.168 e. The molecule has 1 aromatic carbocycles. The maximum absolute atomic E-state index is 5.99. The van der Waals surface area contributed by atoms with Crippen LogP contribution in [0.1, 0.15) is 5.56 Å². The quantitative estimate of drug-likeness (QED) is 0.656. The van der Waals surface area contributed by atoms with Crippen LogP contribution in [0.25, 0.3) is 17.0 Å². The average Bonchev–Trinajstić information content (AvgIpc) is 2.74. The van der Waals surface area contributed by atoms with Gasteiger partial charge in [-0.05, 0) is 30.7 Å². The summed E-state index contributed by atoms with van der Waals surface area (Å²) in [6.07, 6.45) is 1.96. The Kier molecular flexibility index (Phi) is 2.34. The van der Waals surface area contributed by atoms with Gasteiger partial charge in [0.2, 0.25) is 0 Å². The summed E-state index contributed by atoms with van der Waals surface area (Å²) >= 11 is 5.99. The van der Waals surface area contributed by atoms with E-state index in [2.05, 4.69) is 10.2 Å². The zero-order valence-electron chi connectivity index (χ0n) is 9.26. The second-order valence-corrected chi connectivity index (χ2v) is 4.36. The maximum atomic E-state index is 5.99. The molecule has 0 N–H and O–H groups in total. The van der Waals surface area contributed by atoms with Crippen molar-refractivity contribution in [3.8, 4) is 11.4 Å². The number of pyridine rings is 1. The lowest BCUT2D eigenvalue weighted by molar-refractivity contribution is 1.11. The SMILES string of the molecule is Cc1cccn2c(-c3cccc(Cl)c3)nnc12. The molecule has 0 saturated heterocycles. The Bertz CT molecular complexity index is 688. The molecule has 4 heteroatoms. The molecule has 17 heavy (non-hydrogen) atoms. The first-order chi connectivity index (χ1) is 8.25. The minimum atomic E-state index is 0.701. The van der Waals surface area contributed by atoms with Crippen molar-refractivity contribution in [1.29, 1.82) is 0 Å². The topological polar surface area (TPSA) is 30.2 Å². The molecule has 0 bridgehead atoms. The maximum Gasteiger partial charge on any atom is 0.168 e. The van der Waals surface area contributed by atoms with E-state index in [1.165, 1.54) is 0 Å². The molecule has 0 atom stereocenters. The number of nitrogens with zero attached hydrogens (tertiary/aromatic N) is 3. The first-order valence-corrected chi connectivity index (χ1v) is 5.70. The summed E-state index contributed by atoms with van der Waals surface area (Å²) in [5, 5.41) is 9.12. The molecular weight excluding hydrogens is 234 g/mol. The van der Waals surface area contributed by atoms with Gasteiger partial charge in [-0.15, -0.1) is 10.2 Å². The first kappa shape index (κ1) is 10.3. The van der Waals surface area contributed by atoms with Crippen molar-refractivity contribution in [1.82, 2.24) is 14.6 Å². The highest BCUT2D eigenvalue weighted by molar-refractivity contribution is 6.30. The van der Waals surface area contributed by atoms with Crippen molar-refractivity contribution >= 4 is 17.2 Å². The Morgan fingerprint density at radius 1 is 1.12 bits per heavy atom. The fourth-order valence-corrected chi connectivity index (χ4v) is 2.06. The lowest BCUT2D eigenvalue weighted by Crippen LogP contribution is -1.90. The lowest BCUT2D eigenvalue weighted by Gasteiger charge is -2.01. The van der Waals surface area contributed by atoms with E-state index >= 15 is 0 Å². The summed E-state index contributed by atoms with van der Waals surface area (Å²) in [5.74, 6) is 0.811. The zero-order valence-corrected chi connectivity index (χ0v) is 10.0. The number of hydrogen-bond acceptors (Lipinski definition) is 2. The molecule has 0 aliphatic rings. The second-order valence-electron chi connectivity index (χ2n) is 3.92. The molecule has 0 saturated carbocycles. The van der Waals surface area contributed by atoms with Gasteiger partial charge in [-0.1, -0.05) is 29.8 Å². The van der Waals surface area contributed by atoms with Gasteiger partial charge in [0.1, 0.15) is 0 Å². The van der Waals surface area contributed by atoms with Crippen molar-refractivity contribution in [3.63, 3.8) is 0 Å². The van der Waals surface area contributed by atoms with Crippen LogP contribution in [0.2, 0.25) is 5.02 Å². The number of aryl methyl sites for hydroxylation is 1. The standard InChI is InChI=1S/C13H10ClN3/c1-9-4-3-7-17-12(9)15-16-13(17)10-5-2-6-11(14)8-10/h2-8H,1H3. The Morgan fingerprint density at radius 2 is 2.00 bits per heavy atom. The molecule has 0 fully saturated rings. The zero-order chi connectivity index (χ0) is 11.8. The molecule has 3 nitrogen and oxygen atoms in total. The van der Waals surface area contributed by atoms with Crippen LogP contribution < -0.4 is 0 Å². The number of benzene rings is 1. The van der Waals surface area contributed by atoms with Gasteiger partial charge in [-0.3, -0.25) is 4.40 Å². The molecule has 3 aromatic rings. The average molecular weight is 244 g/mol. The lowest BCUT2D eigenvalue weighted by atomic mass is 10.2. The van der Waals surface area contributed by atoms with Crippen molar-refractivity contribution in [2.75, 3.05) is 0 Å². The normalized spacial score (nSPS) is 10.9. The predicted octanol–water partition coefficient (Wildman–Crippen LogP) is 3.36. The van der Waals surface area contributed by atoms with Crippen LogP contribution in [-0.4, -0.2) is 14.6 Å². The fraction of sp³-hybridized carbons (Fsp3) is 0.0769. The molecule has 2 aromatic heterocycles. The molecule has 0 aliphatic heterocycles. The molecule has 0 radical (unpaired) electrons. The van der Waals surface area contributed by atoms with Gasteiger partial charge in [-0.25, -0.2) is 0 Å². The third-order valence-electron chi connectivity index (χ3n) is 2.71. The van der Waals surface area contributed by atoms with Gasteiger partial charge < -0.3 is 0 Å². The van der Waals surface area contributed by atoms with E-state index in [0.29, 0.717) is 5.02 Å². The molecule has 0 spiro atoms. The molecule has 3 rings (SSSR count). The Hall–Kier alpha value is -1.87. The monoisotopic (exact) mass is 243 g/mol. The Balaban J connectivity index is 2.28. The molecule has 0 amide bonds. The van der Waals surface area contributed by atoms with Crippen LogP contribution in [0.15, 0.2) is 42.6 Å². The van der Waals surface area contributed by atoms with Gasteiger partial charge in [0, 0.05) is 16.8 Å². The molecule has 2 heterocycles. The van der Waals surface area contributed by atoms with Gasteiger partial charge in [-0.2, -0.15) is 0 Å². The summed E-state index contributed by atoms with van der Waals surface area (Å²) in [4.78, 5) is 0. The highest BCUT2D eigenvalue weighted by Gasteiger charge is 2.08. The number of aromatic nitrogens is 3. The Morgan fingerprint density at radius 3 is 2.82 bits per heavy atom. The van der Waals surface area contributed by atoms with Crippen LogP contribution >= 0.6 is 11.6 Å². The van der Waals surface area contributed by atoms with Gasteiger partial charge in [0.05, 0.1) is 0 Å². The number of halogens is 1. The van der Waals surface area contributed by atoms with E-state index in [-0.39, 0.29) is 0 Å². The number of rotatable bonds is 1. The highest BCUT2D eigenvalue weighted by Crippen LogP contribution is 2.22. The third-order valence-corrected chi connectivity index (χ3v) is 2.95. The molecule has 84 valence electrons.